The van der Waals surface area contributed by atoms with E-state index in [2.05, 4.69) is 10.1 Å². The molecule has 0 amide bonds. The lowest BCUT2D eigenvalue weighted by Crippen LogP contribution is -2.10. The first-order valence-electron chi connectivity index (χ1n) is 6.96. The first kappa shape index (κ1) is 15.8. The fraction of sp³-hybridized carbons (Fsp3) is 0.400. The number of aryl methyl sites for hydroxylation is 1. The van der Waals surface area contributed by atoms with Gasteiger partial charge in [0.05, 0.1) is 7.11 Å². The maximum absolute atomic E-state index is 12.1. The zero-order valence-corrected chi connectivity index (χ0v) is 12.7. The number of aromatic hydroxyl groups is 1. The molecule has 1 aromatic carbocycles. The van der Waals surface area contributed by atoms with Crippen molar-refractivity contribution < 1.29 is 23.9 Å². The summed E-state index contributed by atoms with van der Waals surface area (Å²) in [7, 11) is 1.40. The van der Waals surface area contributed by atoms with Crippen molar-refractivity contribution in [3.8, 4) is 11.5 Å². The molecule has 0 fully saturated rings. The molecule has 0 aliphatic carbocycles. The zero-order valence-electron chi connectivity index (χ0n) is 12.7. The summed E-state index contributed by atoms with van der Waals surface area (Å²) < 4.78 is 15.3. The Kier molecular flexibility index (Phi) is 4.98. The van der Waals surface area contributed by atoms with Crippen LogP contribution in [0.25, 0.3) is 0 Å². The van der Waals surface area contributed by atoms with Crippen LogP contribution in [0.15, 0.2) is 22.7 Å². The zero-order chi connectivity index (χ0) is 16.1. The van der Waals surface area contributed by atoms with Gasteiger partial charge in [0.25, 0.3) is 5.89 Å². The number of nitrogens with zero attached hydrogens (tertiary/aromatic N) is 2. The summed E-state index contributed by atoms with van der Waals surface area (Å²) in [5.74, 6) is 0.0347. The molecule has 22 heavy (non-hydrogen) atoms. The highest BCUT2D eigenvalue weighted by atomic mass is 16.6. The number of hydrogen-bond acceptors (Lipinski definition) is 7. The van der Waals surface area contributed by atoms with Crippen LogP contribution in [0.4, 0.5) is 0 Å². The van der Waals surface area contributed by atoms with Crippen molar-refractivity contribution in [1.82, 2.24) is 10.1 Å². The highest BCUT2D eigenvalue weighted by Gasteiger charge is 2.22. The smallest absolute Gasteiger partial charge is 0.342 e. The molecule has 0 unspecified atom stereocenters. The third-order valence-electron chi connectivity index (χ3n) is 3.03. The number of para-hydroxylation sites is 1. The Morgan fingerprint density at radius 3 is 2.91 bits per heavy atom. The van der Waals surface area contributed by atoms with Crippen molar-refractivity contribution in [3.63, 3.8) is 0 Å². The molecule has 1 aromatic heterocycles. The van der Waals surface area contributed by atoms with Gasteiger partial charge in [0.2, 0.25) is 0 Å². The van der Waals surface area contributed by atoms with Gasteiger partial charge in [0.1, 0.15) is 5.56 Å². The van der Waals surface area contributed by atoms with E-state index in [0.29, 0.717) is 12.2 Å². The molecule has 1 atom stereocenters. The van der Waals surface area contributed by atoms with Gasteiger partial charge in [0, 0.05) is 6.42 Å². The molecule has 1 heterocycles. The summed E-state index contributed by atoms with van der Waals surface area (Å²) in [5, 5.41) is 13.7. The number of carbonyl (C=O) groups is 1. The molecule has 0 saturated carbocycles. The van der Waals surface area contributed by atoms with Crippen LogP contribution in [0.2, 0.25) is 0 Å². The van der Waals surface area contributed by atoms with Gasteiger partial charge < -0.3 is 19.1 Å². The fourth-order valence-electron chi connectivity index (χ4n) is 1.88. The van der Waals surface area contributed by atoms with Gasteiger partial charge in [-0.05, 0) is 25.5 Å². The number of rotatable bonds is 6. The molecular weight excluding hydrogens is 288 g/mol. The molecule has 7 nitrogen and oxygen atoms in total. The number of hydrogen-bond donors (Lipinski definition) is 1. The Morgan fingerprint density at radius 1 is 1.45 bits per heavy atom. The molecule has 2 rings (SSSR count). The average molecular weight is 306 g/mol. The van der Waals surface area contributed by atoms with Crippen molar-refractivity contribution in [2.45, 2.75) is 32.8 Å². The second-order valence-corrected chi connectivity index (χ2v) is 4.70. The largest absolute Gasteiger partial charge is 0.504 e. The highest BCUT2D eigenvalue weighted by molar-refractivity contribution is 5.93. The van der Waals surface area contributed by atoms with Crippen LogP contribution in [0.3, 0.4) is 0 Å². The van der Waals surface area contributed by atoms with Gasteiger partial charge in [-0.1, -0.05) is 18.1 Å². The molecule has 2 aromatic rings. The van der Waals surface area contributed by atoms with Crippen molar-refractivity contribution >= 4 is 5.97 Å². The minimum Gasteiger partial charge on any atom is -0.504 e. The average Bonchev–Trinajstić information content (AvgIpc) is 2.96. The first-order valence-corrected chi connectivity index (χ1v) is 6.96. The van der Waals surface area contributed by atoms with Crippen molar-refractivity contribution in [3.05, 3.63) is 35.5 Å². The number of methoxy groups -OCH3 is 1. The Labute approximate surface area is 127 Å². The quantitative estimate of drug-likeness (QED) is 0.820. The first-order chi connectivity index (χ1) is 10.6. The lowest BCUT2D eigenvalue weighted by molar-refractivity contribution is 0.0262. The number of esters is 1. The van der Waals surface area contributed by atoms with E-state index < -0.39 is 12.1 Å². The standard InChI is InChI=1S/C15H18N2O5/c1-4-6-12-16-14(22-17-12)9(2)21-15(19)10-7-5-8-11(20-3)13(10)18/h5,7-9,18H,4,6H2,1-3H3/t9-/m1/s1. The predicted octanol–water partition coefficient (Wildman–Crippen LogP) is 2.65. The van der Waals surface area contributed by atoms with E-state index in [-0.39, 0.29) is 23.0 Å². The molecule has 0 aliphatic rings. The minimum atomic E-state index is -0.712. The molecule has 0 aliphatic heterocycles. The molecule has 7 heteroatoms. The molecule has 1 N–H and O–H groups in total. The molecule has 0 radical (unpaired) electrons. The molecule has 0 saturated heterocycles. The minimum absolute atomic E-state index is 0.0134. The van der Waals surface area contributed by atoms with E-state index in [1.165, 1.54) is 13.2 Å². The van der Waals surface area contributed by atoms with Crippen LogP contribution in [0.1, 0.15) is 48.4 Å². The van der Waals surface area contributed by atoms with E-state index in [1.54, 1.807) is 19.1 Å². The van der Waals surface area contributed by atoms with Crippen LogP contribution in [-0.4, -0.2) is 28.3 Å². The Bertz CT molecular complexity index is 653. The summed E-state index contributed by atoms with van der Waals surface area (Å²) in [5.41, 5.74) is 0.0134. The number of phenols is 1. The van der Waals surface area contributed by atoms with Gasteiger partial charge in [-0.15, -0.1) is 0 Å². The summed E-state index contributed by atoms with van der Waals surface area (Å²) in [6, 6.07) is 4.58. The van der Waals surface area contributed by atoms with Crippen LogP contribution in [-0.2, 0) is 11.2 Å². The van der Waals surface area contributed by atoms with Gasteiger partial charge in [-0.2, -0.15) is 4.98 Å². The van der Waals surface area contributed by atoms with E-state index in [4.69, 9.17) is 14.0 Å². The molecular formula is C15H18N2O5. The van der Waals surface area contributed by atoms with Crippen molar-refractivity contribution in [2.75, 3.05) is 7.11 Å². The maximum atomic E-state index is 12.1. The van der Waals surface area contributed by atoms with E-state index >= 15 is 0 Å². The van der Waals surface area contributed by atoms with Crippen LogP contribution in [0.5, 0.6) is 11.5 Å². The monoisotopic (exact) mass is 306 g/mol. The van der Waals surface area contributed by atoms with Crippen molar-refractivity contribution in [1.29, 1.82) is 0 Å². The predicted molar refractivity (Wildman–Crippen MR) is 76.8 cm³/mol. The summed E-state index contributed by atoms with van der Waals surface area (Å²) in [6.07, 6.45) is 0.877. The topological polar surface area (TPSA) is 94.7 Å². The number of benzene rings is 1. The Balaban J connectivity index is 2.10. The second-order valence-electron chi connectivity index (χ2n) is 4.70. The number of phenolic OH excluding ortho intramolecular Hbond substituents is 1. The summed E-state index contributed by atoms with van der Waals surface area (Å²) >= 11 is 0. The molecule has 0 spiro atoms. The van der Waals surface area contributed by atoms with E-state index in [1.807, 2.05) is 6.92 Å². The third kappa shape index (κ3) is 3.36. The SMILES string of the molecule is CCCc1noc([C@@H](C)OC(=O)c2cccc(OC)c2O)n1. The normalized spacial score (nSPS) is 12.0. The van der Waals surface area contributed by atoms with Crippen LogP contribution < -0.4 is 4.74 Å². The maximum Gasteiger partial charge on any atom is 0.342 e. The lowest BCUT2D eigenvalue weighted by Gasteiger charge is -2.11. The molecule has 118 valence electrons. The fourth-order valence-corrected chi connectivity index (χ4v) is 1.88. The number of ether oxygens (including phenoxy) is 2. The lowest BCUT2D eigenvalue weighted by atomic mass is 10.2. The highest BCUT2D eigenvalue weighted by Crippen LogP contribution is 2.30. The molecule has 0 bridgehead atoms. The van der Waals surface area contributed by atoms with Gasteiger partial charge in [0.15, 0.2) is 23.4 Å². The second kappa shape index (κ2) is 6.93. The van der Waals surface area contributed by atoms with Gasteiger partial charge in [-0.3, -0.25) is 0 Å². The van der Waals surface area contributed by atoms with E-state index in [9.17, 15) is 9.90 Å². The summed E-state index contributed by atoms with van der Waals surface area (Å²) in [4.78, 5) is 16.3. The number of carbonyl (C=O) groups excluding carboxylic acids is 1. The van der Waals surface area contributed by atoms with Crippen molar-refractivity contribution in [2.24, 2.45) is 0 Å². The third-order valence-corrected chi connectivity index (χ3v) is 3.03. The Morgan fingerprint density at radius 2 is 2.23 bits per heavy atom. The number of aromatic nitrogens is 2. The van der Waals surface area contributed by atoms with Crippen LogP contribution in [0, 0.1) is 0 Å². The Hall–Kier alpha value is -2.57. The summed E-state index contributed by atoms with van der Waals surface area (Å²) in [6.45, 7) is 3.63. The van der Waals surface area contributed by atoms with Crippen LogP contribution >= 0.6 is 0 Å². The van der Waals surface area contributed by atoms with Gasteiger partial charge in [-0.25, -0.2) is 4.79 Å². The van der Waals surface area contributed by atoms with Gasteiger partial charge >= 0.3 is 5.97 Å². The van der Waals surface area contributed by atoms with E-state index in [0.717, 1.165) is 6.42 Å².